The third kappa shape index (κ3) is 5.67. The van der Waals surface area contributed by atoms with Gasteiger partial charge < -0.3 is 14.2 Å². The van der Waals surface area contributed by atoms with E-state index in [-0.39, 0.29) is 5.56 Å². The minimum Gasteiger partial charge on any atom is -0.490 e. The Bertz CT molecular complexity index is 1130. The van der Waals surface area contributed by atoms with E-state index in [1.54, 1.807) is 41.1 Å². The molecule has 2 amide bonds. The molecule has 2 aromatic carbocycles. The Labute approximate surface area is 199 Å². The highest BCUT2D eigenvalue weighted by molar-refractivity contribution is 5.99. The van der Waals surface area contributed by atoms with E-state index < -0.39 is 11.8 Å². The number of hydrogen-bond acceptors (Lipinski definition) is 6. The second kappa shape index (κ2) is 11.2. The zero-order valence-corrected chi connectivity index (χ0v) is 20.1. The summed E-state index contributed by atoms with van der Waals surface area (Å²) < 4.78 is 18.7. The molecule has 9 nitrogen and oxygen atoms in total. The van der Waals surface area contributed by atoms with E-state index in [1.165, 1.54) is 0 Å². The van der Waals surface area contributed by atoms with Crippen LogP contribution in [0.5, 0.6) is 17.2 Å². The van der Waals surface area contributed by atoms with Gasteiger partial charge in [0.1, 0.15) is 0 Å². The average Bonchev–Trinajstić information content (AvgIpc) is 3.17. The summed E-state index contributed by atoms with van der Waals surface area (Å²) >= 11 is 0. The SMILES string of the molecule is CCOc1cc(C(=O)NNC(=O)c2ccc(-n3nc(C)cc3C)cc2)cc(OCC)c1OCC. The lowest BCUT2D eigenvalue weighted by Crippen LogP contribution is -2.41. The van der Waals surface area contributed by atoms with Gasteiger partial charge in [-0.15, -0.1) is 0 Å². The van der Waals surface area contributed by atoms with E-state index in [9.17, 15) is 9.59 Å². The Morgan fingerprint density at radius 3 is 1.79 bits per heavy atom. The maximum absolute atomic E-state index is 12.8. The molecule has 1 heterocycles. The number of nitrogens with zero attached hydrogens (tertiary/aromatic N) is 2. The number of rotatable bonds is 9. The number of carbonyl (C=O) groups is 2. The molecule has 0 bridgehead atoms. The van der Waals surface area contributed by atoms with E-state index in [1.807, 2.05) is 40.7 Å². The third-order valence-corrected chi connectivity index (χ3v) is 4.84. The number of carbonyl (C=O) groups excluding carboxylic acids is 2. The monoisotopic (exact) mass is 466 g/mol. The summed E-state index contributed by atoms with van der Waals surface area (Å²) in [5, 5.41) is 4.44. The zero-order chi connectivity index (χ0) is 24.7. The maximum atomic E-state index is 12.8. The van der Waals surface area contributed by atoms with Crippen molar-refractivity contribution in [2.45, 2.75) is 34.6 Å². The number of benzene rings is 2. The van der Waals surface area contributed by atoms with Crippen molar-refractivity contribution in [3.63, 3.8) is 0 Å². The predicted molar refractivity (Wildman–Crippen MR) is 128 cm³/mol. The van der Waals surface area contributed by atoms with Crippen LogP contribution in [0.15, 0.2) is 42.5 Å². The topological polar surface area (TPSA) is 104 Å². The first-order chi connectivity index (χ1) is 16.4. The standard InChI is InChI=1S/C25H30N4O5/c1-6-32-21-14-19(15-22(33-7-2)23(21)34-8-3)25(31)27-26-24(30)18-9-11-20(12-10-18)29-17(5)13-16(4)28-29/h9-15H,6-8H2,1-5H3,(H,26,30)(H,27,31). The number of amides is 2. The molecule has 0 unspecified atom stereocenters. The highest BCUT2D eigenvalue weighted by Crippen LogP contribution is 2.39. The maximum Gasteiger partial charge on any atom is 0.269 e. The summed E-state index contributed by atoms with van der Waals surface area (Å²) in [5.74, 6) is 0.263. The molecule has 34 heavy (non-hydrogen) atoms. The summed E-state index contributed by atoms with van der Waals surface area (Å²) in [7, 11) is 0. The van der Waals surface area contributed by atoms with Crippen molar-refractivity contribution in [1.29, 1.82) is 0 Å². The van der Waals surface area contributed by atoms with E-state index in [0.29, 0.717) is 42.6 Å². The van der Waals surface area contributed by atoms with Gasteiger partial charge in [0.25, 0.3) is 11.8 Å². The van der Waals surface area contributed by atoms with E-state index >= 15 is 0 Å². The Balaban J connectivity index is 1.72. The molecule has 0 aliphatic carbocycles. The molecule has 0 spiro atoms. The fraction of sp³-hybridized carbons (Fsp3) is 0.320. The molecule has 0 saturated carbocycles. The molecule has 3 aromatic rings. The zero-order valence-electron chi connectivity index (χ0n) is 20.1. The number of hydrazine groups is 1. The molecule has 0 saturated heterocycles. The highest BCUT2D eigenvalue weighted by atomic mass is 16.5. The molecule has 0 aliphatic rings. The van der Waals surface area contributed by atoms with Gasteiger partial charge in [0.05, 0.1) is 31.2 Å². The minimum absolute atomic E-state index is 0.260. The molecule has 1 aromatic heterocycles. The second-order valence-corrected chi connectivity index (χ2v) is 7.39. The van der Waals surface area contributed by atoms with Crippen LogP contribution in [0.4, 0.5) is 0 Å². The molecule has 9 heteroatoms. The van der Waals surface area contributed by atoms with Gasteiger partial charge in [0, 0.05) is 16.8 Å². The average molecular weight is 467 g/mol. The lowest BCUT2D eigenvalue weighted by molar-refractivity contribution is 0.0846. The van der Waals surface area contributed by atoms with Crippen LogP contribution >= 0.6 is 0 Å². The summed E-state index contributed by atoms with van der Waals surface area (Å²) in [6.07, 6.45) is 0. The van der Waals surface area contributed by atoms with Crippen molar-refractivity contribution >= 4 is 11.8 Å². The first kappa shape index (κ1) is 24.6. The third-order valence-electron chi connectivity index (χ3n) is 4.84. The number of nitrogens with one attached hydrogen (secondary N) is 2. The van der Waals surface area contributed by atoms with Crippen molar-refractivity contribution in [2.75, 3.05) is 19.8 Å². The van der Waals surface area contributed by atoms with E-state index in [0.717, 1.165) is 17.1 Å². The van der Waals surface area contributed by atoms with Crippen LogP contribution in [-0.4, -0.2) is 41.4 Å². The van der Waals surface area contributed by atoms with Gasteiger partial charge in [-0.3, -0.25) is 20.4 Å². The van der Waals surface area contributed by atoms with Crippen molar-refractivity contribution in [3.05, 3.63) is 65.0 Å². The van der Waals surface area contributed by atoms with Gasteiger partial charge in [-0.25, -0.2) is 4.68 Å². The molecule has 0 atom stereocenters. The number of aryl methyl sites for hydroxylation is 2. The minimum atomic E-state index is -0.516. The van der Waals surface area contributed by atoms with Crippen LogP contribution < -0.4 is 25.1 Å². The highest BCUT2D eigenvalue weighted by Gasteiger charge is 2.19. The van der Waals surface area contributed by atoms with Crippen LogP contribution in [0.2, 0.25) is 0 Å². The smallest absolute Gasteiger partial charge is 0.269 e. The van der Waals surface area contributed by atoms with Gasteiger partial charge >= 0.3 is 0 Å². The summed E-state index contributed by atoms with van der Waals surface area (Å²) in [4.78, 5) is 25.3. The van der Waals surface area contributed by atoms with Gasteiger partial charge in [-0.05, 0) is 77.1 Å². The first-order valence-corrected chi connectivity index (χ1v) is 11.2. The molecular formula is C25H30N4O5. The van der Waals surface area contributed by atoms with Crippen LogP contribution in [0.1, 0.15) is 52.9 Å². The molecular weight excluding hydrogens is 436 g/mol. The normalized spacial score (nSPS) is 10.5. The Morgan fingerprint density at radius 1 is 0.794 bits per heavy atom. The van der Waals surface area contributed by atoms with Crippen LogP contribution in [0.25, 0.3) is 5.69 Å². The second-order valence-electron chi connectivity index (χ2n) is 7.39. The summed E-state index contributed by atoms with van der Waals surface area (Å²) in [6, 6.07) is 12.0. The number of ether oxygens (including phenoxy) is 3. The van der Waals surface area contributed by atoms with Crippen molar-refractivity contribution in [1.82, 2.24) is 20.6 Å². The Hall–Kier alpha value is -4.01. The van der Waals surface area contributed by atoms with Crippen molar-refractivity contribution < 1.29 is 23.8 Å². The number of aromatic nitrogens is 2. The summed E-state index contributed by atoms with van der Waals surface area (Å²) in [6.45, 7) is 10.6. The fourth-order valence-electron chi connectivity index (χ4n) is 3.42. The van der Waals surface area contributed by atoms with Crippen LogP contribution in [0.3, 0.4) is 0 Å². The molecule has 180 valence electrons. The molecule has 0 radical (unpaired) electrons. The number of hydrogen-bond donors (Lipinski definition) is 2. The molecule has 3 rings (SSSR count). The van der Waals surface area contributed by atoms with Gasteiger partial charge in [0.15, 0.2) is 11.5 Å². The molecule has 0 aliphatic heterocycles. The van der Waals surface area contributed by atoms with Gasteiger partial charge in [0.2, 0.25) is 5.75 Å². The summed E-state index contributed by atoms with van der Waals surface area (Å²) in [5.41, 5.74) is 8.28. The van der Waals surface area contributed by atoms with Gasteiger partial charge in [-0.1, -0.05) is 0 Å². The van der Waals surface area contributed by atoms with Crippen LogP contribution in [-0.2, 0) is 0 Å². The van der Waals surface area contributed by atoms with E-state index in [2.05, 4.69) is 16.0 Å². The quantitative estimate of drug-likeness (QED) is 0.466. The molecule has 2 N–H and O–H groups in total. The Morgan fingerprint density at radius 2 is 1.32 bits per heavy atom. The van der Waals surface area contributed by atoms with Crippen molar-refractivity contribution in [3.8, 4) is 22.9 Å². The largest absolute Gasteiger partial charge is 0.490 e. The van der Waals surface area contributed by atoms with Crippen LogP contribution in [0, 0.1) is 13.8 Å². The Kier molecular flexibility index (Phi) is 8.13. The molecule has 0 fully saturated rings. The predicted octanol–water partition coefficient (Wildman–Crippen LogP) is 3.76. The van der Waals surface area contributed by atoms with Gasteiger partial charge in [-0.2, -0.15) is 5.10 Å². The first-order valence-electron chi connectivity index (χ1n) is 11.2. The van der Waals surface area contributed by atoms with Crippen molar-refractivity contribution in [2.24, 2.45) is 0 Å². The lowest BCUT2D eigenvalue weighted by atomic mass is 10.1. The van der Waals surface area contributed by atoms with E-state index in [4.69, 9.17) is 14.2 Å². The lowest BCUT2D eigenvalue weighted by Gasteiger charge is -2.17. The fourth-order valence-corrected chi connectivity index (χ4v) is 3.42.